The molecule has 150 valence electrons. The normalized spacial score (nSPS) is 35.3. The summed E-state index contributed by atoms with van der Waals surface area (Å²) in [4.78, 5) is 37.8. The second-order valence-electron chi connectivity index (χ2n) is 10.0. The van der Waals surface area contributed by atoms with E-state index in [2.05, 4.69) is 5.32 Å². The first kappa shape index (κ1) is 18.9. The molecule has 5 heteroatoms. The highest BCUT2D eigenvalue weighted by molar-refractivity contribution is 5.83. The Balaban J connectivity index is 1.22. The van der Waals surface area contributed by atoms with Gasteiger partial charge in [0.15, 0.2) is 0 Å². The van der Waals surface area contributed by atoms with Crippen LogP contribution in [0.1, 0.15) is 77.6 Å². The van der Waals surface area contributed by atoms with Crippen LogP contribution in [-0.2, 0) is 14.4 Å². The Bertz CT molecular complexity index is 571. The quantitative estimate of drug-likeness (QED) is 0.777. The van der Waals surface area contributed by atoms with Gasteiger partial charge in [0.25, 0.3) is 0 Å². The third-order valence-corrected chi connectivity index (χ3v) is 7.60. The minimum Gasteiger partial charge on any atom is -0.353 e. The van der Waals surface area contributed by atoms with E-state index in [9.17, 15) is 14.4 Å². The van der Waals surface area contributed by atoms with E-state index < -0.39 is 0 Å². The van der Waals surface area contributed by atoms with Crippen LogP contribution in [0.3, 0.4) is 0 Å². The minimum atomic E-state index is 0.0650. The van der Waals surface area contributed by atoms with Crippen LogP contribution in [0.4, 0.5) is 0 Å². The number of hydrogen-bond donors (Lipinski definition) is 1. The highest BCUT2D eigenvalue weighted by Crippen LogP contribution is 2.61. The summed E-state index contributed by atoms with van der Waals surface area (Å²) >= 11 is 0. The summed E-state index contributed by atoms with van der Waals surface area (Å²) in [6, 6.07) is 0.197. The van der Waals surface area contributed by atoms with Gasteiger partial charge in [0.05, 0.1) is 0 Å². The maximum atomic E-state index is 12.8. The summed E-state index contributed by atoms with van der Waals surface area (Å²) < 4.78 is 0. The van der Waals surface area contributed by atoms with Crippen molar-refractivity contribution in [1.29, 1.82) is 0 Å². The molecule has 5 aliphatic rings. The number of ketones is 1. The van der Waals surface area contributed by atoms with Gasteiger partial charge in [-0.3, -0.25) is 9.59 Å². The molecule has 1 aliphatic heterocycles. The van der Waals surface area contributed by atoms with Gasteiger partial charge in [0, 0.05) is 38.4 Å². The van der Waals surface area contributed by atoms with Gasteiger partial charge in [-0.2, -0.15) is 0 Å². The summed E-state index contributed by atoms with van der Waals surface area (Å²) in [5.41, 5.74) is 0.294. The number of piperidine rings is 1. The van der Waals surface area contributed by atoms with Crippen LogP contribution in [0.2, 0.25) is 0 Å². The second kappa shape index (κ2) is 7.56. The van der Waals surface area contributed by atoms with Crippen molar-refractivity contribution in [2.24, 2.45) is 23.2 Å². The molecule has 0 radical (unpaired) electrons. The van der Waals surface area contributed by atoms with Crippen molar-refractivity contribution in [3.8, 4) is 0 Å². The second-order valence-corrected chi connectivity index (χ2v) is 10.0. The fourth-order valence-electron chi connectivity index (χ4n) is 6.84. The van der Waals surface area contributed by atoms with Gasteiger partial charge < -0.3 is 15.0 Å². The van der Waals surface area contributed by atoms with E-state index in [4.69, 9.17) is 0 Å². The Kier molecular flexibility index (Phi) is 5.30. The van der Waals surface area contributed by atoms with Crippen LogP contribution in [0, 0.1) is 23.2 Å². The first-order valence-electron chi connectivity index (χ1n) is 11.0. The molecule has 5 nitrogen and oxygen atoms in total. The van der Waals surface area contributed by atoms with Crippen molar-refractivity contribution in [1.82, 2.24) is 10.2 Å². The van der Waals surface area contributed by atoms with Crippen LogP contribution >= 0.6 is 0 Å². The number of nitrogens with zero attached hydrogens (tertiary/aromatic N) is 1. The number of carbonyl (C=O) groups is 3. The fraction of sp³-hybridized carbons (Fsp3) is 0.864. The largest absolute Gasteiger partial charge is 0.353 e. The number of Topliss-reactive ketones (excluding diaryl/α,β-unsaturated/α-hetero) is 1. The molecule has 0 aromatic carbocycles. The van der Waals surface area contributed by atoms with Crippen LogP contribution in [0.25, 0.3) is 0 Å². The average molecular weight is 375 g/mol. The van der Waals surface area contributed by atoms with Gasteiger partial charge in [-0.05, 0) is 81.5 Å². The standard InChI is InChI=1S/C22H34N2O3/c1-15(25)2-3-21(27)24-6-4-19(5-7-24)23-20(26)14-22-11-16-8-17(12-22)10-18(9-16)13-22/h16-19H,2-14H2,1H3,(H,23,26). The molecule has 4 bridgehead atoms. The molecule has 1 saturated heterocycles. The molecular weight excluding hydrogens is 340 g/mol. The Labute approximate surface area is 162 Å². The molecule has 4 aliphatic carbocycles. The summed E-state index contributed by atoms with van der Waals surface area (Å²) in [6.07, 6.45) is 11.1. The molecule has 0 aromatic rings. The van der Waals surface area contributed by atoms with E-state index in [0.717, 1.165) is 30.6 Å². The van der Waals surface area contributed by atoms with Gasteiger partial charge in [0.1, 0.15) is 5.78 Å². The highest BCUT2D eigenvalue weighted by Gasteiger charge is 2.51. The third-order valence-electron chi connectivity index (χ3n) is 7.60. The average Bonchev–Trinajstić information content (AvgIpc) is 2.58. The molecule has 4 saturated carbocycles. The predicted molar refractivity (Wildman–Crippen MR) is 103 cm³/mol. The van der Waals surface area contributed by atoms with E-state index in [1.165, 1.54) is 45.4 Å². The first-order chi connectivity index (χ1) is 12.9. The van der Waals surface area contributed by atoms with Crippen molar-refractivity contribution in [2.75, 3.05) is 13.1 Å². The molecule has 0 spiro atoms. The van der Waals surface area contributed by atoms with Crippen LogP contribution < -0.4 is 5.32 Å². The number of likely N-dealkylation sites (tertiary alicyclic amines) is 1. The van der Waals surface area contributed by atoms with Gasteiger partial charge in [-0.25, -0.2) is 0 Å². The Morgan fingerprint density at radius 2 is 1.48 bits per heavy atom. The molecule has 27 heavy (non-hydrogen) atoms. The van der Waals surface area contributed by atoms with Crippen molar-refractivity contribution >= 4 is 17.6 Å². The fourth-order valence-corrected chi connectivity index (χ4v) is 6.84. The molecular formula is C22H34N2O3. The van der Waals surface area contributed by atoms with E-state index in [-0.39, 0.29) is 23.6 Å². The molecule has 5 rings (SSSR count). The molecule has 5 fully saturated rings. The smallest absolute Gasteiger partial charge is 0.223 e. The lowest BCUT2D eigenvalue weighted by Gasteiger charge is -2.56. The molecule has 1 N–H and O–H groups in total. The van der Waals surface area contributed by atoms with Gasteiger partial charge in [-0.1, -0.05) is 0 Å². The van der Waals surface area contributed by atoms with Crippen molar-refractivity contribution < 1.29 is 14.4 Å². The third kappa shape index (κ3) is 4.38. The SMILES string of the molecule is CC(=O)CCC(=O)N1CCC(NC(=O)CC23CC4CC(CC(C4)C2)C3)CC1. The van der Waals surface area contributed by atoms with E-state index in [0.29, 0.717) is 37.8 Å². The highest BCUT2D eigenvalue weighted by atomic mass is 16.2. The number of amides is 2. The number of hydrogen-bond acceptors (Lipinski definition) is 3. The molecule has 0 atom stereocenters. The topological polar surface area (TPSA) is 66.5 Å². The van der Waals surface area contributed by atoms with Crippen molar-refractivity contribution in [3.05, 3.63) is 0 Å². The zero-order chi connectivity index (χ0) is 19.0. The van der Waals surface area contributed by atoms with Crippen LogP contribution in [-0.4, -0.2) is 41.6 Å². The summed E-state index contributed by atoms with van der Waals surface area (Å²) in [5.74, 6) is 3.02. The zero-order valence-electron chi connectivity index (χ0n) is 16.7. The molecule has 2 amide bonds. The minimum absolute atomic E-state index is 0.0650. The maximum Gasteiger partial charge on any atom is 0.223 e. The number of carbonyl (C=O) groups excluding carboxylic acids is 3. The lowest BCUT2D eigenvalue weighted by Crippen LogP contribution is -2.50. The van der Waals surface area contributed by atoms with E-state index >= 15 is 0 Å². The lowest BCUT2D eigenvalue weighted by atomic mass is 9.49. The van der Waals surface area contributed by atoms with Crippen LogP contribution in [0.5, 0.6) is 0 Å². The molecule has 1 heterocycles. The zero-order valence-corrected chi connectivity index (χ0v) is 16.7. The predicted octanol–water partition coefficient (Wildman–Crippen LogP) is 3.07. The molecule has 0 aromatic heterocycles. The van der Waals surface area contributed by atoms with E-state index in [1.54, 1.807) is 0 Å². The maximum absolute atomic E-state index is 12.8. The van der Waals surface area contributed by atoms with E-state index in [1.807, 2.05) is 4.90 Å². The van der Waals surface area contributed by atoms with Gasteiger partial charge in [0.2, 0.25) is 11.8 Å². The lowest BCUT2D eigenvalue weighted by molar-refractivity contribution is -0.134. The summed E-state index contributed by atoms with van der Waals surface area (Å²) in [6.45, 7) is 2.91. The van der Waals surface area contributed by atoms with Gasteiger partial charge >= 0.3 is 0 Å². The monoisotopic (exact) mass is 374 g/mol. The number of rotatable bonds is 6. The van der Waals surface area contributed by atoms with Gasteiger partial charge in [-0.15, -0.1) is 0 Å². The summed E-state index contributed by atoms with van der Waals surface area (Å²) in [7, 11) is 0. The number of nitrogens with one attached hydrogen (secondary N) is 1. The van der Waals surface area contributed by atoms with Crippen molar-refractivity contribution in [3.63, 3.8) is 0 Å². The Morgan fingerprint density at radius 3 is 2.00 bits per heavy atom. The van der Waals surface area contributed by atoms with Crippen molar-refractivity contribution in [2.45, 2.75) is 83.6 Å². The van der Waals surface area contributed by atoms with Crippen LogP contribution in [0.15, 0.2) is 0 Å². The molecule has 0 unspecified atom stereocenters. The Hall–Kier alpha value is -1.39. The summed E-state index contributed by atoms with van der Waals surface area (Å²) in [5, 5.41) is 3.27. The first-order valence-corrected chi connectivity index (χ1v) is 11.0. The Morgan fingerprint density at radius 1 is 0.926 bits per heavy atom.